The maximum absolute atomic E-state index is 9.95. The lowest BCUT2D eigenvalue weighted by Crippen LogP contribution is -2.43. The van der Waals surface area contributed by atoms with Crippen molar-refractivity contribution in [1.82, 2.24) is 9.55 Å². The number of fused-ring (bicyclic) bond motifs is 4. The number of aliphatic hydroxyl groups is 2. The molecule has 3 rings (SSSR count). The van der Waals surface area contributed by atoms with Crippen molar-refractivity contribution in [1.29, 1.82) is 5.41 Å². The molecular weight excluding hydrogens is 294 g/mol. The summed E-state index contributed by atoms with van der Waals surface area (Å²) in [5.74, 6) is 0. The third-order valence-electron chi connectivity index (χ3n) is 2.91. The maximum atomic E-state index is 9.95. The van der Waals surface area contributed by atoms with E-state index in [9.17, 15) is 5.11 Å². The highest BCUT2D eigenvalue weighted by Gasteiger charge is 2.50. The molecule has 2 bridgehead atoms. The molecule has 0 spiro atoms. The van der Waals surface area contributed by atoms with Gasteiger partial charge in [0.15, 0.2) is 17.8 Å². The van der Waals surface area contributed by atoms with Crippen LogP contribution in [-0.2, 0) is 4.74 Å². The number of aromatic nitrogens is 2. The van der Waals surface area contributed by atoms with Crippen molar-refractivity contribution in [2.45, 2.75) is 24.5 Å². The van der Waals surface area contributed by atoms with Crippen LogP contribution in [0.4, 0.5) is 0 Å². The lowest BCUT2D eigenvalue weighted by atomic mass is 10.1. The lowest BCUT2D eigenvalue weighted by Gasteiger charge is -2.28. The van der Waals surface area contributed by atoms with E-state index in [1.54, 1.807) is 6.20 Å². The molecule has 92 valence electrons. The molecule has 2 aliphatic rings. The summed E-state index contributed by atoms with van der Waals surface area (Å²) in [6, 6.07) is 0.217. The number of aliphatic hydroxyl groups excluding tert-OH is 2. The minimum Gasteiger partial charge on any atom is -0.455 e. The third kappa shape index (κ3) is 1.52. The quantitative estimate of drug-likeness (QED) is 0.626. The van der Waals surface area contributed by atoms with Gasteiger partial charge in [-0.2, -0.15) is 4.98 Å². The molecule has 7 nitrogen and oxygen atoms in total. The van der Waals surface area contributed by atoms with Gasteiger partial charge in [-0.05, 0) is 15.9 Å². The largest absolute Gasteiger partial charge is 0.455 e. The van der Waals surface area contributed by atoms with Crippen LogP contribution in [0.3, 0.4) is 0 Å². The van der Waals surface area contributed by atoms with Gasteiger partial charge in [-0.1, -0.05) is 0 Å². The number of nitrogens with one attached hydrogen (secondary N) is 1. The standard InChI is InChI=1S/C9H10BrN3O4/c10-3-1-13-8-5(15)6(4(2-14)16-8)17-9(13)12-7(3)11/h1,4-6,8,11,14-15H,2H2/t4-,5-,6-,8-/m1/s1. The van der Waals surface area contributed by atoms with E-state index in [1.807, 2.05) is 0 Å². The average Bonchev–Trinajstić information content (AvgIpc) is 2.52. The van der Waals surface area contributed by atoms with Crippen molar-refractivity contribution >= 4 is 15.9 Å². The Morgan fingerprint density at radius 3 is 3.06 bits per heavy atom. The Morgan fingerprint density at radius 2 is 2.35 bits per heavy atom. The molecule has 3 heterocycles. The fourth-order valence-corrected chi connectivity index (χ4v) is 2.39. The Morgan fingerprint density at radius 1 is 1.59 bits per heavy atom. The first-order valence-electron chi connectivity index (χ1n) is 5.06. The van der Waals surface area contributed by atoms with E-state index in [2.05, 4.69) is 20.9 Å². The van der Waals surface area contributed by atoms with Gasteiger partial charge in [0.25, 0.3) is 0 Å². The number of rotatable bonds is 1. The Bertz CT molecular complexity index is 519. The molecule has 1 aromatic rings. The molecule has 0 saturated carbocycles. The molecule has 0 amide bonds. The number of hydrogen-bond donors (Lipinski definition) is 3. The van der Waals surface area contributed by atoms with Crippen LogP contribution in [-0.4, -0.2) is 44.7 Å². The molecule has 3 N–H and O–H groups in total. The van der Waals surface area contributed by atoms with Crippen LogP contribution in [0, 0.1) is 5.41 Å². The van der Waals surface area contributed by atoms with E-state index in [-0.39, 0.29) is 18.1 Å². The van der Waals surface area contributed by atoms with Gasteiger partial charge in [0.05, 0.1) is 11.1 Å². The van der Waals surface area contributed by atoms with Crippen LogP contribution in [0.25, 0.3) is 0 Å². The minimum atomic E-state index is -0.852. The van der Waals surface area contributed by atoms with E-state index in [0.29, 0.717) is 4.47 Å². The van der Waals surface area contributed by atoms with Gasteiger partial charge in [0.2, 0.25) is 0 Å². The van der Waals surface area contributed by atoms with Crippen LogP contribution < -0.4 is 10.2 Å². The van der Waals surface area contributed by atoms with E-state index in [0.717, 1.165) is 0 Å². The normalized spacial score (nSPS) is 34.3. The molecule has 1 fully saturated rings. The average molecular weight is 304 g/mol. The summed E-state index contributed by atoms with van der Waals surface area (Å²) < 4.78 is 12.9. The molecule has 0 radical (unpaired) electrons. The molecular formula is C9H10BrN3O4. The van der Waals surface area contributed by atoms with E-state index >= 15 is 0 Å². The first kappa shape index (κ1) is 11.1. The minimum absolute atomic E-state index is 0.0487. The molecule has 0 aliphatic carbocycles. The second-order valence-electron chi connectivity index (χ2n) is 3.95. The zero-order chi connectivity index (χ0) is 12.2. The Hall–Kier alpha value is -0.960. The molecule has 1 saturated heterocycles. The fraction of sp³-hybridized carbons (Fsp3) is 0.556. The van der Waals surface area contributed by atoms with Crippen molar-refractivity contribution in [3.63, 3.8) is 0 Å². The SMILES string of the molecule is N=c1nc2n(cc1Br)[C@@H]1O[C@H](CO)[C@@H](O2)[C@H]1O. The molecule has 4 atom stereocenters. The summed E-state index contributed by atoms with van der Waals surface area (Å²) in [4.78, 5) is 3.95. The van der Waals surface area contributed by atoms with E-state index in [4.69, 9.17) is 20.0 Å². The second kappa shape index (κ2) is 3.77. The summed E-state index contributed by atoms with van der Waals surface area (Å²) in [6.07, 6.45) is -1.13. The van der Waals surface area contributed by atoms with Crippen LogP contribution in [0.1, 0.15) is 6.23 Å². The topological polar surface area (TPSA) is 101 Å². The fourth-order valence-electron chi connectivity index (χ4n) is 2.08. The van der Waals surface area contributed by atoms with Crippen molar-refractivity contribution in [3.8, 4) is 6.01 Å². The summed E-state index contributed by atoms with van der Waals surface area (Å²) >= 11 is 3.18. The summed E-state index contributed by atoms with van der Waals surface area (Å²) in [7, 11) is 0. The van der Waals surface area contributed by atoms with Crippen molar-refractivity contribution in [2.75, 3.05) is 6.61 Å². The number of nitrogens with zero attached hydrogens (tertiary/aromatic N) is 2. The monoisotopic (exact) mass is 303 g/mol. The summed E-state index contributed by atoms with van der Waals surface area (Å²) in [5.41, 5.74) is 0.0487. The number of ether oxygens (including phenoxy) is 2. The molecule has 2 aliphatic heterocycles. The first-order valence-corrected chi connectivity index (χ1v) is 5.85. The van der Waals surface area contributed by atoms with E-state index in [1.165, 1.54) is 4.57 Å². The van der Waals surface area contributed by atoms with Crippen molar-refractivity contribution in [2.24, 2.45) is 0 Å². The van der Waals surface area contributed by atoms with Gasteiger partial charge in [-0.3, -0.25) is 9.98 Å². The van der Waals surface area contributed by atoms with Crippen LogP contribution in [0.15, 0.2) is 10.7 Å². The molecule has 0 aromatic carbocycles. The van der Waals surface area contributed by atoms with E-state index < -0.39 is 24.5 Å². The zero-order valence-electron chi connectivity index (χ0n) is 8.58. The first-order chi connectivity index (χ1) is 8.11. The molecule has 17 heavy (non-hydrogen) atoms. The van der Waals surface area contributed by atoms with Gasteiger partial charge in [0.1, 0.15) is 12.2 Å². The highest BCUT2D eigenvalue weighted by Crippen LogP contribution is 2.38. The maximum Gasteiger partial charge on any atom is 0.301 e. The van der Waals surface area contributed by atoms with Gasteiger partial charge in [-0.15, -0.1) is 0 Å². The summed E-state index contributed by atoms with van der Waals surface area (Å²) in [6.45, 7) is -0.234. The van der Waals surface area contributed by atoms with Crippen molar-refractivity contribution in [3.05, 3.63) is 16.2 Å². The third-order valence-corrected chi connectivity index (χ3v) is 3.49. The lowest BCUT2D eigenvalue weighted by molar-refractivity contribution is -0.0549. The van der Waals surface area contributed by atoms with Crippen LogP contribution in [0.2, 0.25) is 0 Å². The smallest absolute Gasteiger partial charge is 0.301 e. The summed E-state index contributed by atoms with van der Waals surface area (Å²) in [5, 5.41) is 26.6. The molecule has 0 unspecified atom stereocenters. The Labute approximate surface area is 104 Å². The van der Waals surface area contributed by atoms with Crippen LogP contribution >= 0.6 is 15.9 Å². The van der Waals surface area contributed by atoms with Gasteiger partial charge < -0.3 is 19.7 Å². The predicted octanol–water partition coefficient (Wildman–Crippen LogP) is -0.863. The van der Waals surface area contributed by atoms with Gasteiger partial charge in [-0.25, -0.2) is 0 Å². The highest BCUT2D eigenvalue weighted by molar-refractivity contribution is 9.10. The van der Waals surface area contributed by atoms with Crippen molar-refractivity contribution < 1.29 is 19.7 Å². The highest BCUT2D eigenvalue weighted by atomic mass is 79.9. The molecule has 1 aromatic heterocycles. The number of halogens is 1. The number of hydrogen-bond acceptors (Lipinski definition) is 6. The van der Waals surface area contributed by atoms with Gasteiger partial charge in [0, 0.05) is 6.20 Å². The second-order valence-corrected chi connectivity index (χ2v) is 4.80. The van der Waals surface area contributed by atoms with Crippen LogP contribution in [0.5, 0.6) is 6.01 Å². The zero-order valence-corrected chi connectivity index (χ0v) is 10.2. The molecule has 8 heteroatoms. The Balaban J connectivity index is 2.10. The van der Waals surface area contributed by atoms with Gasteiger partial charge >= 0.3 is 6.01 Å². The predicted molar refractivity (Wildman–Crippen MR) is 57.2 cm³/mol. The Kier molecular flexibility index (Phi) is 2.47.